The van der Waals surface area contributed by atoms with Crippen molar-refractivity contribution in [1.82, 2.24) is 0 Å². The normalized spacial score (nSPS) is 38.2. The summed E-state index contributed by atoms with van der Waals surface area (Å²) in [6.07, 6.45) is 3.55. The van der Waals surface area contributed by atoms with E-state index in [1.807, 2.05) is 0 Å². The van der Waals surface area contributed by atoms with Gasteiger partial charge in [-0.2, -0.15) is 0 Å². The summed E-state index contributed by atoms with van der Waals surface area (Å²) in [5, 5.41) is 8.24. The highest BCUT2D eigenvalue weighted by atomic mass is 17.1. The minimum absolute atomic E-state index is 0.120. The van der Waals surface area contributed by atoms with Crippen LogP contribution < -0.4 is 0 Å². The third-order valence-electron chi connectivity index (χ3n) is 1.92. The lowest BCUT2D eigenvalue weighted by molar-refractivity contribution is -0.284. The van der Waals surface area contributed by atoms with Crippen LogP contribution in [-0.4, -0.2) is 11.4 Å². The fourth-order valence-corrected chi connectivity index (χ4v) is 1.27. The molecule has 1 aliphatic carbocycles. The molecule has 1 rings (SSSR count). The zero-order valence-electron chi connectivity index (χ0n) is 5.13. The predicted molar refractivity (Wildman–Crippen MR) is 30.5 cm³/mol. The molecular weight excluding hydrogens is 104 g/mol. The van der Waals surface area contributed by atoms with E-state index >= 15 is 0 Å². The van der Waals surface area contributed by atoms with Gasteiger partial charge in [0.1, 0.15) is 0 Å². The summed E-state index contributed by atoms with van der Waals surface area (Å²) in [7, 11) is 0. The van der Waals surface area contributed by atoms with Crippen LogP contribution in [0.3, 0.4) is 0 Å². The summed E-state index contributed by atoms with van der Waals surface area (Å²) >= 11 is 0. The molecule has 2 unspecified atom stereocenters. The predicted octanol–water partition coefficient (Wildman–Crippen LogP) is 1.66. The van der Waals surface area contributed by atoms with Gasteiger partial charge in [0, 0.05) is 0 Å². The topological polar surface area (TPSA) is 29.5 Å². The lowest BCUT2D eigenvalue weighted by atomic mass is 10.1. The van der Waals surface area contributed by atoms with E-state index in [9.17, 15) is 0 Å². The maximum Gasteiger partial charge on any atom is 0.0952 e. The molecule has 1 fully saturated rings. The lowest BCUT2D eigenvalue weighted by Crippen LogP contribution is -2.12. The number of hydrogen-bond acceptors (Lipinski definition) is 2. The first kappa shape index (κ1) is 6.05. The third kappa shape index (κ3) is 1.01. The molecular formula is C6H12O2. The summed E-state index contributed by atoms with van der Waals surface area (Å²) < 4.78 is 0. The molecule has 0 aromatic carbocycles. The first-order chi connectivity index (χ1) is 3.84. The van der Waals surface area contributed by atoms with E-state index in [0.29, 0.717) is 5.92 Å². The zero-order chi connectivity index (χ0) is 5.98. The lowest BCUT2D eigenvalue weighted by Gasteiger charge is -2.08. The first-order valence-corrected chi connectivity index (χ1v) is 3.15. The molecule has 0 radical (unpaired) electrons. The van der Waals surface area contributed by atoms with Crippen molar-refractivity contribution < 1.29 is 10.1 Å². The van der Waals surface area contributed by atoms with Gasteiger partial charge in [0.2, 0.25) is 0 Å². The van der Waals surface area contributed by atoms with Crippen molar-refractivity contribution in [2.75, 3.05) is 0 Å². The maximum atomic E-state index is 8.24. The molecule has 0 aliphatic heterocycles. The van der Waals surface area contributed by atoms with Gasteiger partial charge in [0.05, 0.1) is 6.10 Å². The van der Waals surface area contributed by atoms with Crippen LogP contribution in [0.25, 0.3) is 0 Å². The van der Waals surface area contributed by atoms with Crippen LogP contribution >= 0.6 is 0 Å². The molecule has 1 aliphatic rings. The molecule has 2 atom stereocenters. The Labute approximate surface area is 49.4 Å². The molecule has 0 aromatic heterocycles. The highest BCUT2D eigenvalue weighted by Gasteiger charge is 2.23. The SMILES string of the molecule is CC1CCCC1OO. The van der Waals surface area contributed by atoms with Gasteiger partial charge in [0.25, 0.3) is 0 Å². The van der Waals surface area contributed by atoms with Crippen molar-refractivity contribution in [2.45, 2.75) is 32.3 Å². The summed E-state index contributed by atoms with van der Waals surface area (Å²) in [5.41, 5.74) is 0. The molecule has 0 aromatic rings. The van der Waals surface area contributed by atoms with Gasteiger partial charge in [-0.1, -0.05) is 13.3 Å². The highest BCUT2D eigenvalue weighted by molar-refractivity contribution is 4.72. The second-order valence-corrected chi connectivity index (χ2v) is 2.55. The van der Waals surface area contributed by atoms with E-state index in [0.717, 1.165) is 6.42 Å². The summed E-state index contributed by atoms with van der Waals surface area (Å²) in [4.78, 5) is 4.22. The Morgan fingerprint density at radius 1 is 1.50 bits per heavy atom. The average molecular weight is 116 g/mol. The van der Waals surface area contributed by atoms with Crippen LogP contribution in [0.2, 0.25) is 0 Å². The van der Waals surface area contributed by atoms with Gasteiger partial charge >= 0.3 is 0 Å². The van der Waals surface area contributed by atoms with Crippen LogP contribution in [-0.2, 0) is 4.89 Å². The van der Waals surface area contributed by atoms with E-state index in [2.05, 4.69) is 11.8 Å². The van der Waals surface area contributed by atoms with Crippen molar-refractivity contribution in [3.8, 4) is 0 Å². The molecule has 8 heavy (non-hydrogen) atoms. The van der Waals surface area contributed by atoms with Crippen LogP contribution in [0, 0.1) is 5.92 Å². The fourth-order valence-electron chi connectivity index (χ4n) is 1.27. The molecule has 48 valence electrons. The molecule has 0 saturated heterocycles. The molecule has 1 N–H and O–H groups in total. The van der Waals surface area contributed by atoms with E-state index in [-0.39, 0.29) is 6.10 Å². The van der Waals surface area contributed by atoms with E-state index in [1.54, 1.807) is 0 Å². The molecule has 0 heterocycles. The Morgan fingerprint density at radius 2 is 2.25 bits per heavy atom. The first-order valence-electron chi connectivity index (χ1n) is 3.15. The fraction of sp³-hybridized carbons (Fsp3) is 1.00. The van der Waals surface area contributed by atoms with E-state index in [4.69, 9.17) is 5.26 Å². The number of rotatable bonds is 1. The van der Waals surface area contributed by atoms with Gasteiger partial charge in [-0.25, -0.2) is 4.89 Å². The van der Waals surface area contributed by atoms with Gasteiger partial charge in [-0.3, -0.25) is 5.26 Å². The molecule has 2 nitrogen and oxygen atoms in total. The molecule has 2 heteroatoms. The van der Waals surface area contributed by atoms with Crippen molar-refractivity contribution >= 4 is 0 Å². The van der Waals surface area contributed by atoms with Crippen LogP contribution in [0.4, 0.5) is 0 Å². The summed E-state index contributed by atoms with van der Waals surface area (Å²) in [6.45, 7) is 2.11. The van der Waals surface area contributed by atoms with E-state index in [1.165, 1.54) is 12.8 Å². The Hall–Kier alpha value is -0.0800. The Morgan fingerprint density at radius 3 is 2.50 bits per heavy atom. The molecule has 0 amide bonds. The Kier molecular flexibility index (Phi) is 1.86. The van der Waals surface area contributed by atoms with Gasteiger partial charge < -0.3 is 0 Å². The van der Waals surface area contributed by atoms with Gasteiger partial charge in [-0.05, 0) is 18.8 Å². The molecule has 0 spiro atoms. The van der Waals surface area contributed by atoms with Crippen LogP contribution in [0.1, 0.15) is 26.2 Å². The van der Waals surface area contributed by atoms with Crippen LogP contribution in [0.15, 0.2) is 0 Å². The average Bonchev–Trinajstić information content (AvgIpc) is 2.14. The second-order valence-electron chi connectivity index (χ2n) is 2.55. The Bertz CT molecular complexity index is 72.9. The minimum Gasteiger partial charge on any atom is -0.252 e. The Balaban J connectivity index is 2.30. The quantitative estimate of drug-likeness (QED) is 0.417. The molecule has 1 saturated carbocycles. The van der Waals surface area contributed by atoms with Crippen molar-refractivity contribution in [2.24, 2.45) is 5.92 Å². The van der Waals surface area contributed by atoms with Gasteiger partial charge in [-0.15, -0.1) is 0 Å². The van der Waals surface area contributed by atoms with E-state index < -0.39 is 0 Å². The van der Waals surface area contributed by atoms with Crippen molar-refractivity contribution in [3.63, 3.8) is 0 Å². The van der Waals surface area contributed by atoms with Crippen molar-refractivity contribution in [3.05, 3.63) is 0 Å². The van der Waals surface area contributed by atoms with Gasteiger partial charge in [0.15, 0.2) is 0 Å². The zero-order valence-corrected chi connectivity index (χ0v) is 5.13. The largest absolute Gasteiger partial charge is 0.252 e. The minimum atomic E-state index is 0.120. The number of hydrogen-bond donors (Lipinski definition) is 1. The summed E-state index contributed by atoms with van der Waals surface area (Å²) in [5.74, 6) is 0.556. The monoisotopic (exact) mass is 116 g/mol. The maximum absolute atomic E-state index is 8.24. The molecule has 0 bridgehead atoms. The summed E-state index contributed by atoms with van der Waals surface area (Å²) in [6, 6.07) is 0. The third-order valence-corrected chi connectivity index (χ3v) is 1.92. The highest BCUT2D eigenvalue weighted by Crippen LogP contribution is 2.26. The smallest absolute Gasteiger partial charge is 0.0952 e. The van der Waals surface area contributed by atoms with Crippen LogP contribution in [0.5, 0.6) is 0 Å². The standard InChI is InChI=1S/C6H12O2/c1-5-3-2-4-6(5)8-7/h5-7H,2-4H2,1H3. The second kappa shape index (κ2) is 2.46. The van der Waals surface area contributed by atoms with Crippen molar-refractivity contribution in [1.29, 1.82) is 0 Å².